The van der Waals surface area contributed by atoms with E-state index in [0.717, 1.165) is 37.8 Å². The molecule has 24 heavy (non-hydrogen) atoms. The first-order valence-corrected chi connectivity index (χ1v) is 9.36. The Hall–Kier alpha value is -0.410. The van der Waals surface area contributed by atoms with E-state index in [1.54, 1.807) is 0 Å². The molecule has 0 aliphatic heterocycles. The Labute approximate surface area is 166 Å². The van der Waals surface area contributed by atoms with E-state index in [-0.39, 0.29) is 42.6 Å². The molecule has 1 atom stereocenters. The first kappa shape index (κ1) is 25.8. The minimum Gasteiger partial charge on any atom is -0.462 e. The monoisotopic (exact) mass is 373 g/mol. The molecule has 1 N–H and O–H groups in total. The number of ether oxygens (including phenoxy) is 2. The molecule has 0 aromatic heterocycles. The largest absolute Gasteiger partial charge is 0.462 e. The number of carbonyl (C=O) groups excluding carboxylic acids is 2. The van der Waals surface area contributed by atoms with Crippen LogP contribution in [0.3, 0.4) is 0 Å². The van der Waals surface area contributed by atoms with Crippen molar-refractivity contribution < 1.29 is 32.0 Å². The van der Waals surface area contributed by atoms with Crippen LogP contribution in [-0.4, -0.2) is 73.4 Å². The molecule has 0 bridgehead atoms. The van der Waals surface area contributed by atoms with Gasteiger partial charge in [-0.2, -0.15) is 8.42 Å². The van der Waals surface area contributed by atoms with Crippen LogP contribution in [-0.2, 0) is 29.2 Å². The van der Waals surface area contributed by atoms with E-state index < -0.39 is 27.8 Å². The van der Waals surface area contributed by atoms with Crippen LogP contribution >= 0.6 is 0 Å². The second-order valence-corrected chi connectivity index (χ2v) is 6.76. The van der Waals surface area contributed by atoms with Crippen LogP contribution in [0.2, 0.25) is 0 Å². The average molecular weight is 373 g/mol. The predicted molar refractivity (Wildman–Crippen MR) is 91.2 cm³/mol. The van der Waals surface area contributed by atoms with Gasteiger partial charge in [0.1, 0.15) is 0 Å². The summed E-state index contributed by atoms with van der Waals surface area (Å²) in [5.41, 5.74) is 0. The third-order valence-corrected chi connectivity index (χ3v) is 3.96. The first-order valence-electron chi connectivity index (χ1n) is 7.75. The van der Waals surface area contributed by atoms with E-state index in [2.05, 4.69) is 11.7 Å². The molecule has 0 fully saturated rings. The van der Waals surface area contributed by atoms with Crippen LogP contribution in [0.15, 0.2) is 12.2 Å². The molecule has 0 heterocycles. The fourth-order valence-electron chi connectivity index (χ4n) is 1.74. The maximum atomic E-state index is 11.5. The van der Waals surface area contributed by atoms with E-state index in [1.807, 2.05) is 6.92 Å². The summed E-state index contributed by atoms with van der Waals surface area (Å²) in [5.74, 6) is -1.55. The van der Waals surface area contributed by atoms with Gasteiger partial charge in [-0.3, -0.25) is 4.55 Å². The Kier molecular flexibility index (Phi) is 16.0. The van der Waals surface area contributed by atoms with E-state index in [4.69, 9.17) is 9.29 Å². The molecule has 1 radical (unpaired) electrons. The summed E-state index contributed by atoms with van der Waals surface area (Å²) in [4.78, 5) is 22.8. The maximum Gasteiger partial charge on any atom is 0.331 e. The van der Waals surface area contributed by atoms with Crippen molar-refractivity contribution in [3.8, 4) is 0 Å². The van der Waals surface area contributed by atoms with E-state index >= 15 is 0 Å². The zero-order valence-electron chi connectivity index (χ0n) is 14.7. The van der Waals surface area contributed by atoms with Gasteiger partial charge < -0.3 is 9.47 Å². The summed E-state index contributed by atoms with van der Waals surface area (Å²) >= 11 is 0. The van der Waals surface area contributed by atoms with E-state index in [9.17, 15) is 18.0 Å². The van der Waals surface area contributed by atoms with Crippen molar-refractivity contribution in [2.45, 2.75) is 46.0 Å². The van der Waals surface area contributed by atoms with Crippen molar-refractivity contribution >= 4 is 51.6 Å². The minimum atomic E-state index is -4.06. The Morgan fingerprint density at radius 3 is 2.17 bits per heavy atom. The molecule has 0 aromatic rings. The van der Waals surface area contributed by atoms with Crippen LogP contribution in [0.25, 0.3) is 0 Å². The summed E-state index contributed by atoms with van der Waals surface area (Å²) in [6.07, 6.45) is 6.00. The minimum absolute atomic E-state index is 0. The zero-order valence-corrected chi connectivity index (χ0v) is 17.5. The second kappa shape index (κ2) is 14.9. The van der Waals surface area contributed by atoms with Crippen molar-refractivity contribution in [2.24, 2.45) is 5.92 Å². The quantitative estimate of drug-likeness (QED) is 0.182. The molecule has 135 valence electrons. The van der Waals surface area contributed by atoms with Crippen LogP contribution in [0, 0.1) is 5.92 Å². The van der Waals surface area contributed by atoms with Crippen LogP contribution < -0.4 is 0 Å². The fourth-order valence-corrected chi connectivity index (χ4v) is 2.23. The van der Waals surface area contributed by atoms with Gasteiger partial charge >= 0.3 is 11.9 Å². The van der Waals surface area contributed by atoms with E-state index in [1.165, 1.54) is 0 Å². The third-order valence-electron chi connectivity index (χ3n) is 3.15. The number of unbranched alkanes of at least 4 members (excludes halogenated alkanes) is 1. The number of rotatable bonds is 12. The fraction of sp³-hybridized carbons (Fsp3) is 0.733. The number of hydrogen-bond donors (Lipinski definition) is 1. The number of hydrogen-bond acceptors (Lipinski definition) is 6. The van der Waals surface area contributed by atoms with Crippen molar-refractivity contribution in [1.82, 2.24) is 0 Å². The molecule has 0 amide bonds. The maximum absolute atomic E-state index is 11.5. The summed E-state index contributed by atoms with van der Waals surface area (Å²) in [6, 6.07) is 0. The Bertz CT molecular complexity index is 488. The van der Waals surface area contributed by atoms with Gasteiger partial charge in [0.15, 0.2) is 0 Å². The SMILES string of the molecule is CCCCC(CC)COC(=O)/C=C\C(=O)OCCCS(=O)(=O)O.[Na]. The van der Waals surface area contributed by atoms with Gasteiger partial charge in [0, 0.05) is 41.7 Å². The number of carbonyl (C=O) groups is 2. The molecule has 0 aliphatic carbocycles. The number of esters is 2. The summed E-state index contributed by atoms with van der Waals surface area (Å²) < 4.78 is 39.1. The molecule has 0 rings (SSSR count). The Morgan fingerprint density at radius 2 is 1.67 bits per heavy atom. The molecule has 0 saturated carbocycles. The normalized spacial score (nSPS) is 12.5. The van der Waals surface area contributed by atoms with Gasteiger partial charge in [-0.15, -0.1) is 0 Å². The molecule has 9 heteroatoms. The zero-order chi connectivity index (χ0) is 17.7. The molecular weight excluding hydrogens is 347 g/mol. The Balaban J connectivity index is 0. The topological polar surface area (TPSA) is 107 Å². The van der Waals surface area contributed by atoms with Gasteiger partial charge in [0.25, 0.3) is 10.1 Å². The third kappa shape index (κ3) is 16.4. The molecule has 0 spiro atoms. The first-order chi connectivity index (χ1) is 10.8. The van der Waals surface area contributed by atoms with Crippen molar-refractivity contribution in [3.05, 3.63) is 12.2 Å². The van der Waals surface area contributed by atoms with Gasteiger partial charge in [0.2, 0.25) is 0 Å². The molecule has 1 unspecified atom stereocenters. The van der Waals surface area contributed by atoms with Crippen LogP contribution in [0.4, 0.5) is 0 Å². The molecule has 0 aromatic carbocycles. The van der Waals surface area contributed by atoms with Crippen molar-refractivity contribution in [1.29, 1.82) is 0 Å². The summed E-state index contributed by atoms with van der Waals surface area (Å²) in [6.45, 7) is 4.30. The smallest absolute Gasteiger partial charge is 0.331 e. The van der Waals surface area contributed by atoms with Gasteiger partial charge in [-0.05, 0) is 18.8 Å². The molecule has 7 nitrogen and oxygen atoms in total. The van der Waals surface area contributed by atoms with Crippen molar-refractivity contribution in [2.75, 3.05) is 19.0 Å². The van der Waals surface area contributed by atoms with Crippen LogP contribution in [0.1, 0.15) is 46.0 Å². The van der Waals surface area contributed by atoms with E-state index in [0.29, 0.717) is 12.5 Å². The average Bonchev–Trinajstić information content (AvgIpc) is 2.48. The Morgan fingerprint density at radius 1 is 1.08 bits per heavy atom. The summed E-state index contributed by atoms with van der Waals surface area (Å²) in [7, 11) is -4.06. The molecule has 0 saturated heterocycles. The van der Waals surface area contributed by atoms with Crippen molar-refractivity contribution in [3.63, 3.8) is 0 Å². The standard InChI is InChI=1S/C15H26O7S.Na/c1-3-5-7-13(4-2)12-22-15(17)9-8-14(16)21-10-6-11-23(18,19)20;/h8-9,13H,3-7,10-12H2,1-2H3,(H,18,19,20);/b9-8-;. The predicted octanol–water partition coefficient (Wildman–Crippen LogP) is 1.74. The van der Waals surface area contributed by atoms with Gasteiger partial charge in [0.05, 0.1) is 19.0 Å². The summed E-state index contributed by atoms with van der Waals surface area (Å²) in [5, 5.41) is 0. The van der Waals surface area contributed by atoms with Gasteiger partial charge in [-0.1, -0.05) is 33.1 Å². The molecular formula is C15H26NaO7S. The van der Waals surface area contributed by atoms with Gasteiger partial charge in [-0.25, -0.2) is 9.59 Å². The second-order valence-electron chi connectivity index (χ2n) is 5.19. The van der Waals surface area contributed by atoms with Crippen LogP contribution in [0.5, 0.6) is 0 Å². The molecule has 0 aliphatic rings.